The first kappa shape index (κ1) is 30.6. The quantitative estimate of drug-likeness (QED) is 0.198. The Morgan fingerprint density at radius 2 is 1.57 bits per heavy atom. The van der Waals surface area contributed by atoms with Gasteiger partial charge in [0.05, 0.1) is 23.8 Å². The van der Waals surface area contributed by atoms with Gasteiger partial charge in [0, 0.05) is 18.3 Å². The molecule has 3 aromatic carbocycles. The van der Waals surface area contributed by atoms with Crippen molar-refractivity contribution in [3.63, 3.8) is 0 Å². The molecule has 0 spiro atoms. The summed E-state index contributed by atoms with van der Waals surface area (Å²) in [5, 5.41) is 11.9. The van der Waals surface area contributed by atoms with E-state index in [0.29, 0.717) is 48.6 Å². The fourth-order valence-corrected chi connectivity index (χ4v) is 6.26. The highest BCUT2D eigenvalue weighted by Gasteiger charge is 2.28. The van der Waals surface area contributed by atoms with Gasteiger partial charge in [-0.1, -0.05) is 30.3 Å². The number of carbonyl (C=O) groups excluding carboxylic acids is 1. The number of anilines is 1. The molecule has 1 heterocycles. The van der Waals surface area contributed by atoms with E-state index in [9.17, 15) is 27.5 Å². The van der Waals surface area contributed by atoms with Crippen LogP contribution in [0.15, 0.2) is 96.0 Å². The standard InChI is InChI=1S/C32H30FN3O7S/c33-27-6-2-4-8-29(27)44(40,41)36-22-10-12-23(13-11-22)42-24-14-16-25(17-15-24)43-31-18-9-21(20-34-31)19-30(37)35-28-7-3-1-5-26(28)32(38)39/h1-9,14-18,20,22-23,36H,10-13,19H2,(H,35,37)(H,38,39). The molecule has 1 saturated carbocycles. The third-order valence-electron chi connectivity index (χ3n) is 7.06. The van der Waals surface area contributed by atoms with E-state index in [1.165, 1.54) is 36.5 Å². The Labute approximate surface area is 253 Å². The van der Waals surface area contributed by atoms with E-state index in [-0.39, 0.29) is 40.6 Å². The van der Waals surface area contributed by atoms with Crippen LogP contribution in [0.1, 0.15) is 41.6 Å². The number of halogens is 1. The molecule has 12 heteroatoms. The number of benzene rings is 3. The van der Waals surface area contributed by atoms with Crippen molar-refractivity contribution >= 4 is 27.6 Å². The molecule has 1 aliphatic carbocycles. The summed E-state index contributed by atoms with van der Waals surface area (Å²) in [7, 11) is -3.94. The molecule has 3 N–H and O–H groups in total. The molecule has 228 valence electrons. The number of sulfonamides is 1. The van der Waals surface area contributed by atoms with Crippen LogP contribution in [0.25, 0.3) is 0 Å². The number of amides is 1. The Balaban J connectivity index is 1.07. The number of hydrogen-bond donors (Lipinski definition) is 3. The summed E-state index contributed by atoms with van der Waals surface area (Å²) >= 11 is 0. The predicted octanol–water partition coefficient (Wildman–Crippen LogP) is 5.56. The smallest absolute Gasteiger partial charge is 0.337 e. The molecule has 0 bridgehead atoms. The van der Waals surface area contributed by atoms with Crippen LogP contribution in [-0.2, 0) is 21.2 Å². The maximum atomic E-state index is 14.0. The fourth-order valence-electron chi connectivity index (χ4n) is 4.88. The molecule has 10 nitrogen and oxygen atoms in total. The van der Waals surface area contributed by atoms with Gasteiger partial charge >= 0.3 is 5.97 Å². The van der Waals surface area contributed by atoms with E-state index < -0.39 is 21.8 Å². The fraction of sp³-hybridized carbons (Fsp3) is 0.219. The van der Waals surface area contributed by atoms with Crippen LogP contribution in [0.5, 0.6) is 17.4 Å². The third kappa shape index (κ3) is 7.97. The first-order valence-corrected chi connectivity index (χ1v) is 15.4. The third-order valence-corrected chi connectivity index (χ3v) is 8.62. The summed E-state index contributed by atoms with van der Waals surface area (Å²) in [6.45, 7) is 0. The van der Waals surface area contributed by atoms with Crippen molar-refractivity contribution in [3.8, 4) is 17.4 Å². The van der Waals surface area contributed by atoms with Gasteiger partial charge in [0.25, 0.3) is 0 Å². The second-order valence-electron chi connectivity index (χ2n) is 10.3. The van der Waals surface area contributed by atoms with Crippen LogP contribution < -0.4 is 19.5 Å². The summed E-state index contributed by atoms with van der Waals surface area (Å²) in [4.78, 5) is 27.7. The summed E-state index contributed by atoms with van der Waals surface area (Å²) in [5.74, 6) is -0.770. The molecule has 1 amide bonds. The minimum absolute atomic E-state index is 0.00658. The molecule has 1 fully saturated rings. The number of carboxylic acids is 1. The average molecular weight is 620 g/mol. The van der Waals surface area contributed by atoms with Crippen LogP contribution in [0, 0.1) is 5.82 Å². The van der Waals surface area contributed by atoms with Gasteiger partial charge in [-0.05, 0) is 79.8 Å². The van der Waals surface area contributed by atoms with E-state index in [1.54, 1.807) is 48.5 Å². The van der Waals surface area contributed by atoms with Crippen molar-refractivity contribution in [2.45, 2.75) is 49.1 Å². The summed E-state index contributed by atoms with van der Waals surface area (Å²) in [6.07, 6.45) is 3.86. The minimum atomic E-state index is -3.94. The van der Waals surface area contributed by atoms with Crippen molar-refractivity contribution in [3.05, 3.63) is 108 Å². The Morgan fingerprint density at radius 3 is 2.25 bits per heavy atom. The molecule has 1 aromatic heterocycles. The highest BCUT2D eigenvalue weighted by atomic mass is 32.2. The maximum Gasteiger partial charge on any atom is 0.337 e. The predicted molar refractivity (Wildman–Crippen MR) is 160 cm³/mol. The summed E-state index contributed by atoms with van der Waals surface area (Å²) < 4.78 is 53.6. The first-order valence-electron chi connectivity index (χ1n) is 13.9. The van der Waals surface area contributed by atoms with Gasteiger partial charge in [0.2, 0.25) is 21.8 Å². The number of ether oxygens (including phenoxy) is 2. The van der Waals surface area contributed by atoms with E-state index in [4.69, 9.17) is 9.47 Å². The molecule has 5 rings (SSSR count). The maximum absolute atomic E-state index is 14.0. The average Bonchev–Trinajstić information content (AvgIpc) is 3.00. The topological polar surface area (TPSA) is 144 Å². The van der Waals surface area contributed by atoms with Gasteiger partial charge in [-0.2, -0.15) is 0 Å². The number of aromatic nitrogens is 1. The van der Waals surface area contributed by atoms with Gasteiger partial charge in [0.15, 0.2) is 0 Å². The number of carbonyl (C=O) groups is 2. The van der Waals surface area contributed by atoms with Crippen LogP contribution in [0.3, 0.4) is 0 Å². The summed E-state index contributed by atoms with van der Waals surface area (Å²) in [5.41, 5.74) is 0.859. The first-order chi connectivity index (χ1) is 21.2. The lowest BCUT2D eigenvalue weighted by Crippen LogP contribution is -2.39. The number of hydrogen-bond acceptors (Lipinski definition) is 7. The Kier molecular flexibility index (Phi) is 9.51. The van der Waals surface area contributed by atoms with E-state index in [0.717, 1.165) is 6.07 Å². The number of pyridine rings is 1. The highest BCUT2D eigenvalue weighted by Crippen LogP contribution is 2.28. The zero-order valence-corrected chi connectivity index (χ0v) is 24.3. The summed E-state index contributed by atoms with van der Waals surface area (Å²) in [6, 6.07) is 21.6. The Hall–Kier alpha value is -4.81. The molecule has 0 aliphatic heterocycles. The number of carboxylic acid groups (broad SMARTS) is 1. The largest absolute Gasteiger partial charge is 0.490 e. The lowest BCUT2D eigenvalue weighted by Gasteiger charge is -2.29. The molecular weight excluding hydrogens is 589 g/mol. The monoisotopic (exact) mass is 619 g/mol. The van der Waals surface area contributed by atoms with Crippen LogP contribution in [0.2, 0.25) is 0 Å². The molecule has 0 unspecified atom stereocenters. The van der Waals surface area contributed by atoms with E-state index >= 15 is 0 Å². The van der Waals surface area contributed by atoms with Gasteiger partial charge < -0.3 is 19.9 Å². The van der Waals surface area contributed by atoms with E-state index in [2.05, 4.69) is 15.0 Å². The van der Waals surface area contributed by atoms with Crippen LogP contribution >= 0.6 is 0 Å². The van der Waals surface area contributed by atoms with Crippen LogP contribution in [-0.4, -0.2) is 42.5 Å². The highest BCUT2D eigenvalue weighted by molar-refractivity contribution is 7.89. The number of rotatable bonds is 11. The number of nitrogens with zero attached hydrogens (tertiary/aromatic N) is 1. The van der Waals surface area contributed by atoms with Gasteiger partial charge in [-0.15, -0.1) is 0 Å². The zero-order chi connectivity index (χ0) is 31.1. The van der Waals surface area contributed by atoms with Crippen molar-refractivity contribution in [1.82, 2.24) is 9.71 Å². The van der Waals surface area contributed by atoms with Crippen LogP contribution in [0.4, 0.5) is 10.1 Å². The number of aromatic carboxylic acids is 1. The Bertz CT molecular complexity index is 1720. The van der Waals surface area contributed by atoms with Gasteiger partial charge in [-0.25, -0.2) is 27.3 Å². The lowest BCUT2D eigenvalue weighted by molar-refractivity contribution is -0.115. The lowest BCUT2D eigenvalue weighted by atomic mass is 9.94. The molecule has 4 aromatic rings. The van der Waals surface area contributed by atoms with Crippen molar-refractivity contribution < 1.29 is 37.0 Å². The molecule has 44 heavy (non-hydrogen) atoms. The van der Waals surface area contributed by atoms with Crippen molar-refractivity contribution in [2.75, 3.05) is 5.32 Å². The number of para-hydroxylation sites is 1. The van der Waals surface area contributed by atoms with Crippen molar-refractivity contribution in [1.29, 1.82) is 0 Å². The van der Waals surface area contributed by atoms with E-state index in [1.807, 2.05) is 0 Å². The second-order valence-corrected chi connectivity index (χ2v) is 12.0. The SMILES string of the molecule is O=C(Cc1ccc(Oc2ccc(OC3CCC(NS(=O)(=O)c4ccccc4F)CC3)cc2)nc1)Nc1ccccc1C(=O)O. The van der Waals surface area contributed by atoms with Crippen molar-refractivity contribution in [2.24, 2.45) is 0 Å². The molecular formula is C32H30FN3O7S. The number of nitrogens with one attached hydrogen (secondary N) is 2. The molecule has 0 radical (unpaired) electrons. The normalized spacial score (nSPS) is 16.6. The van der Waals surface area contributed by atoms with Gasteiger partial charge in [0.1, 0.15) is 22.2 Å². The Morgan fingerprint density at radius 1 is 0.886 bits per heavy atom. The zero-order valence-electron chi connectivity index (χ0n) is 23.5. The van der Waals surface area contributed by atoms with Gasteiger partial charge in [-0.3, -0.25) is 4.79 Å². The molecule has 0 saturated heterocycles. The molecule has 0 atom stereocenters. The second kappa shape index (κ2) is 13.7. The minimum Gasteiger partial charge on any atom is -0.490 e. The molecule has 1 aliphatic rings.